The van der Waals surface area contributed by atoms with Gasteiger partial charge in [0.2, 0.25) is 6.29 Å². The molecule has 0 unspecified atom stereocenters. The molecule has 0 spiro atoms. The van der Waals surface area contributed by atoms with E-state index in [2.05, 4.69) is 6.92 Å². The highest BCUT2D eigenvalue weighted by Crippen LogP contribution is 2.35. The maximum atomic E-state index is 12.4. The summed E-state index contributed by atoms with van der Waals surface area (Å²) in [5.41, 5.74) is -0.955. The molecule has 0 aliphatic carbocycles. The number of hydrogen-bond acceptors (Lipinski definition) is 10. The van der Waals surface area contributed by atoms with Crippen LogP contribution in [0.1, 0.15) is 45.4 Å². The van der Waals surface area contributed by atoms with E-state index in [1.54, 1.807) is 6.07 Å². The van der Waals surface area contributed by atoms with E-state index >= 15 is 0 Å². The molecule has 184 valence electrons. The number of hydrogen-bond donors (Lipinski definition) is 5. The van der Waals surface area contributed by atoms with Gasteiger partial charge in [0.25, 0.3) is 5.75 Å². The Morgan fingerprint density at radius 1 is 1.00 bits per heavy atom. The van der Waals surface area contributed by atoms with Crippen LogP contribution in [0.3, 0.4) is 0 Å². The Hall–Kier alpha value is -2.37. The van der Waals surface area contributed by atoms with Crippen LogP contribution in [0.2, 0.25) is 0 Å². The predicted molar refractivity (Wildman–Crippen MR) is 117 cm³/mol. The monoisotopic (exact) mass is 468 g/mol. The molecule has 5 N–H and O–H groups in total. The number of aliphatic hydroxyl groups is 4. The Bertz CT molecular complexity index is 956. The second kappa shape index (κ2) is 11.7. The standard InChI is InChI=1S/C23H32O10/c1-2-3-4-5-6-7-10-30-13-8-9-14-15(11-13)31-22(29)21(17(14)25)33-23-20(28)19(27)18(26)16(12-24)32-23/h8-9,11,16,18-20,23-28H,2-7,10,12H2,1H3/t16-,18-,19+,20+,23+/m1/s1. The zero-order chi connectivity index (χ0) is 24.0. The molecule has 10 nitrogen and oxygen atoms in total. The Morgan fingerprint density at radius 3 is 2.45 bits per heavy atom. The molecule has 2 heterocycles. The van der Waals surface area contributed by atoms with Gasteiger partial charge in [0, 0.05) is 6.07 Å². The summed E-state index contributed by atoms with van der Waals surface area (Å²) in [6, 6.07) is 4.62. The van der Waals surface area contributed by atoms with Crippen LogP contribution in [-0.2, 0) is 4.74 Å². The first kappa shape index (κ1) is 25.3. The highest BCUT2D eigenvalue weighted by molar-refractivity contribution is 5.86. The molecule has 1 aliphatic rings. The van der Waals surface area contributed by atoms with Crippen LogP contribution in [0, 0.1) is 0 Å². The third-order valence-electron chi connectivity index (χ3n) is 5.66. The Balaban J connectivity index is 1.70. The first-order chi connectivity index (χ1) is 15.9. The molecule has 0 radical (unpaired) electrons. The molecule has 1 fully saturated rings. The van der Waals surface area contributed by atoms with E-state index < -0.39 is 54.4 Å². The van der Waals surface area contributed by atoms with Crippen LogP contribution in [0.25, 0.3) is 11.0 Å². The number of ether oxygens (including phenoxy) is 3. The van der Waals surface area contributed by atoms with Crippen LogP contribution in [0.5, 0.6) is 17.2 Å². The molecule has 1 aromatic carbocycles. The Kier molecular flexibility index (Phi) is 8.93. The number of fused-ring (bicyclic) bond motifs is 1. The largest absolute Gasteiger partial charge is 0.504 e. The van der Waals surface area contributed by atoms with Gasteiger partial charge in [-0.3, -0.25) is 0 Å². The van der Waals surface area contributed by atoms with E-state index in [1.165, 1.54) is 31.4 Å². The summed E-state index contributed by atoms with van der Waals surface area (Å²) in [5, 5.41) is 49.9. The van der Waals surface area contributed by atoms with Crippen LogP contribution < -0.4 is 15.1 Å². The third kappa shape index (κ3) is 5.96. The third-order valence-corrected chi connectivity index (χ3v) is 5.66. The minimum atomic E-state index is -1.74. The van der Waals surface area contributed by atoms with Crippen LogP contribution in [0.15, 0.2) is 27.4 Å². The first-order valence-electron chi connectivity index (χ1n) is 11.3. The summed E-state index contributed by atoms with van der Waals surface area (Å²) in [4.78, 5) is 12.4. The van der Waals surface area contributed by atoms with Gasteiger partial charge in [-0.05, 0) is 18.6 Å². The van der Waals surface area contributed by atoms with Gasteiger partial charge in [-0.15, -0.1) is 0 Å². The number of aromatic hydroxyl groups is 1. The number of rotatable bonds is 11. The van der Waals surface area contributed by atoms with E-state index in [-0.39, 0.29) is 11.0 Å². The SMILES string of the molecule is CCCCCCCCOc1ccc2c(O)c(O[C@@H]3O[C@H](CO)[C@@H](O)[C@H](O)[C@@H]3O)c(=O)oc2c1. The van der Waals surface area contributed by atoms with Crippen LogP contribution in [0.4, 0.5) is 0 Å². The molecular formula is C23H32O10. The fourth-order valence-electron chi connectivity index (χ4n) is 3.69. The number of unbranched alkanes of at least 4 members (excludes halogenated alkanes) is 5. The van der Waals surface area contributed by atoms with E-state index in [9.17, 15) is 30.3 Å². The molecule has 1 aliphatic heterocycles. The molecule has 2 aromatic rings. The van der Waals surface area contributed by atoms with Gasteiger partial charge >= 0.3 is 5.63 Å². The van der Waals surface area contributed by atoms with Gasteiger partial charge in [0.1, 0.15) is 35.7 Å². The van der Waals surface area contributed by atoms with Crippen molar-refractivity contribution in [3.05, 3.63) is 28.6 Å². The summed E-state index contributed by atoms with van der Waals surface area (Å²) in [5.74, 6) is -0.686. The zero-order valence-corrected chi connectivity index (χ0v) is 18.6. The summed E-state index contributed by atoms with van der Waals surface area (Å²) in [7, 11) is 0. The second-order valence-corrected chi connectivity index (χ2v) is 8.16. The minimum Gasteiger partial charge on any atom is -0.504 e. The van der Waals surface area contributed by atoms with Crippen LogP contribution >= 0.6 is 0 Å². The van der Waals surface area contributed by atoms with Crippen LogP contribution in [-0.4, -0.2) is 69.5 Å². The van der Waals surface area contributed by atoms with Crippen molar-refractivity contribution in [3.8, 4) is 17.2 Å². The fourth-order valence-corrected chi connectivity index (χ4v) is 3.69. The highest BCUT2D eigenvalue weighted by atomic mass is 16.7. The molecule has 0 saturated carbocycles. The normalized spacial score (nSPS) is 25.3. The lowest BCUT2D eigenvalue weighted by Gasteiger charge is -2.39. The zero-order valence-electron chi connectivity index (χ0n) is 18.6. The molecule has 0 amide bonds. The molecule has 10 heteroatoms. The topological polar surface area (TPSA) is 159 Å². The van der Waals surface area contributed by atoms with Gasteiger partial charge in [0.05, 0.1) is 18.6 Å². The average Bonchev–Trinajstić information content (AvgIpc) is 2.80. The smallest absolute Gasteiger partial charge is 0.383 e. The van der Waals surface area contributed by atoms with Crippen molar-refractivity contribution in [3.63, 3.8) is 0 Å². The van der Waals surface area contributed by atoms with Crippen molar-refractivity contribution >= 4 is 11.0 Å². The van der Waals surface area contributed by atoms with Crippen molar-refractivity contribution in [2.24, 2.45) is 0 Å². The molecule has 0 bridgehead atoms. The second-order valence-electron chi connectivity index (χ2n) is 8.16. The molecule has 1 aromatic heterocycles. The minimum absolute atomic E-state index is 0.0825. The summed E-state index contributed by atoms with van der Waals surface area (Å²) in [6.45, 7) is 2.03. The summed E-state index contributed by atoms with van der Waals surface area (Å²) in [6.07, 6.45) is -1.10. The molecule has 3 rings (SSSR count). The molecule has 5 atom stereocenters. The maximum Gasteiger partial charge on any atom is 0.383 e. The molecule has 33 heavy (non-hydrogen) atoms. The van der Waals surface area contributed by atoms with E-state index in [1.807, 2.05) is 0 Å². The fraction of sp³-hybridized carbons (Fsp3) is 0.609. The maximum absolute atomic E-state index is 12.4. The summed E-state index contributed by atoms with van der Waals surface area (Å²) >= 11 is 0. The van der Waals surface area contributed by atoms with Gasteiger partial charge in [-0.25, -0.2) is 4.79 Å². The Labute approximate surface area is 190 Å². The van der Waals surface area contributed by atoms with Gasteiger partial charge in [-0.1, -0.05) is 39.0 Å². The lowest BCUT2D eigenvalue weighted by molar-refractivity contribution is -0.278. The van der Waals surface area contributed by atoms with Crippen molar-refractivity contribution < 1.29 is 44.2 Å². The molecular weight excluding hydrogens is 436 g/mol. The van der Waals surface area contributed by atoms with Gasteiger partial charge < -0.3 is 44.2 Å². The Morgan fingerprint density at radius 2 is 1.73 bits per heavy atom. The quantitative estimate of drug-likeness (QED) is 0.241. The van der Waals surface area contributed by atoms with Crippen molar-refractivity contribution in [1.82, 2.24) is 0 Å². The van der Waals surface area contributed by atoms with Gasteiger partial charge in [0.15, 0.2) is 5.75 Å². The number of benzene rings is 1. The van der Waals surface area contributed by atoms with Gasteiger partial charge in [-0.2, -0.15) is 0 Å². The molecule has 1 saturated heterocycles. The van der Waals surface area contributed by atoms with Crippen molar-refractivity contribution in [1.29, 1.82) is 0 Å². The lowest BCUT2D eigenvalue weighted by Crippen LogP contribution is -2.60. The number of aliphatic hydroxyl groups excluding tert-OH is 4. The predicted octanol–water partition coefficient (Wildman–Crippen LogP) is 1.42. The van der Waals surface area contributed by atoms with Crippen molar-refractivity contribution in [2.45, 2.75) is 76.2 Å². The van der Waals surface area contributed by atoms with E-state index in [0.29, 0.717) is 12.4 Å². The summed E-state index contributed by atoms with van der Waals surface area (Å²) < 4.78 is 21.5. The van der Waals surface area contributed by atoms with Crippen molar-refractivity contribution in [2.75, 3.05) is 13.2 Å². The van der Waals surface area contributed by atoms with E-state index in [0.717, 1.165) is 19.3 Å². The van der Waals surface area contributed by atoms with E-state index in [4.69, 9.17) is 18.6 Å². The first-order valence-corrected chi connectivity index (χ1v) is 11.3. The average molecular weight is 468 g/mol. The lowest BCUT2D eigenvalue weighted by atomic mass is 9.99. The highest BCUT2D eigenvalue weighted by Gasteiger charge is 2.45.